The second-order valence-corrected chi connectivity index (χ2v) is 4.86. The molecule has 0 aliphatic heterocycles. The van der Waals surface area contributed by atoms with Crippen molar-refractivity contribution in [2.24, 2.45) is 0 Å². The van der Waals surface area contributed by atoms with E-state index in [2.05, 4.69) is 10.3 Å². The average molecular weight is 285 g/mol. The van der Waals surface area contributed by atoms with Gasteiger partial charge in [-0.25, -0.2) is 4.98 Å². The zero-order valence-corrected chi connectivity index (χ0v) is 12.2. The largest absolute Gasteiger partial charge is 0.392 e. The summed E-state index contributed by atoms with van der Waals surface area (Å²) < 4.78 is 0. The van der Waals surface area contributed by atoms with Crippen molar-refractivity contribution in [2.45, 2.75) is 13.0 Å². The van der Waals surface area contributed by atoms with E-state index in [9.17, 15) is 9.90 Å². The summed E-state index contributed by atoms with van der Waals surface area (Å²) in [4.78, 5) is 18.2. The smallest absolute Gasteiger partial charge is 0.258 e. The van der Waals surface area contributed by atoms with Crippen LogP contribution in [0, 0.1) is 0 Å². The Morgan fingerprint density at radius 3 is 2.71 bits per heavy atom. The highest BCUT2D eigenvalue weighted by Gasteiger charge is 2.14. The molecule has 1 aromatic carbocycles. The lowest BCUT2D eigenvalue weighted by Crippen LogP contribution is -2.26. The molecule has 21 heavy (non-hydrogen) atoms. The number of benzene rings is 1. The highest BCUT2D eigenvalue weighted by molar-refractivity contribution is 6.06. The molecule has 1 atom stereocenters. The maximum absolute atomic E-state index is 12.5. The maximum atomic E-state index is 12.5. The van der Waals surface area contributed by atoms with Crippen LogP contribution in [0.1, 0.15) is 17.3 Å². The second-order valence-electron chi connectivity index (χ2n) is 4.86. The minimum absolute atomic E-state index is 0.108. The van der Waals surface area contributed by atoms with E-state index in [1.807, 2.05) is 30.3 Å². The predicted octanol–water partition coefficient (Wildman–Crippen LogP) is 2.15. The van der Waals surface area contributed by atoms with Crippen LogP contribution in [0.3, 0.4) is 0 Å². The molecule has 0 saturated carbocycles. The van der Waals surface area contributed by atoms with Crippen molar-refractivity contribution in [1.82, 2.24) is 4.98 Å². The molecule has 2 rings (SSSR count). The SMILES string of the molecule is C[C@H](O)CNc1cc(C(=O)N(C)c2ccccc2)ccn1. The first kappa shape index (κ1) is 15.0. The van der Waals surface area contributed by atoms with E-state index < -0.39 is 6.10 Å². The van der Waals surface area contributed by atoms with Gasteiger partial charge in [0.1, 0.15) is 5.82 Å². The number of carbonyl (C=O) groups excluding carboxylic acids is 1. The first-order chi connectivity index (χ1) is 10.1. The van der Waals surface area contributed by atoms with Crippen LogP contribution in [0.2, 0.25) is 0 Å². The molecule has 0 unspecified atom stereocenters. The Morgan fingerprint density at radius 1 is 1.33 bits per heavy atom. The Labute approximate surface area is 124 Å². The number of rotatable bonds is 5. The van der Waals surface area contributed by atoms with Gasteiger partial charge in [0.05, 0.1) is 6.10 Å². The summed E-state index contributed by atoms with van der Waals surface area (Å²) in [6.45, 7) is 2.07. The molecule has 0 aliphatic carbocycles. The number of anilines is 2. The number of para-hydroxylation sites is 1. The summed E-state index contributed by atoms with van der Waals surface area (Å²) in [5, 5.41) is 12.2. The zero-order chi connectivity index (χ0) is 15.2. The van der Waals surface area contributed by atoms with Gasteiger partial charge in [-0.3, -0.25) is 4.79 Å². The van der Waals surface area contributed by atoms with Gasteiger partial charge in [0, 0.05) is 31.0 Å². The molecule has 1 amide bonds. The van der Waals surface area contributed by atoms with Gasteiger partial charge in [-0.05, 0) is 31.2 Å². The van der Waals surface area contributed by atoms with Crippen molar-refractivity contribution in [3.8, 4) is 0 Å². The summed E-state index contributed by atoms with van der Waals surface area (Å²) in [6, 6.07) is 12.8. The quantitative estimate of drug-likeness (QED) is 0.883. The molecule has 5 nitrogen and oxygen atoms in total. The fourth-order valence-electron chi connectivity index (χ4n) is 1.88. The van der Waals surface area contributed by atoms with Gasteiger partial charge in [-0.1, -0.05) is 18.2 Å². The van der Waals surface area contributed by atoms with Crippen LogP contribution in [0.4, 0.5) is 11.5 Å². The van der Waals surface area contributed by atoms with Crippen molar-refractivity contribution in [3.05, 3.63) is 54.2 Å². The van der Waals surface area contributed by atoms with Crippen LogP contribution in [-0.2, 0) is 0 Å². The van der Waals surface area contributed by atoms with E-state index in [0.29, 0.717) is 17.9 Å². The molecule has 2 N–H and O–H groups in total. The maximum Gasteiger partial charge on any atom is 0.258 e. The summed E-state index contributed by atoms with van der Waals surface area (Å²) in [5.41, 5.74) is 1.38. The van der Waals surface area contributed by atoms with E-state index in [1.165, 1.54) is 0 Å². The lowest BCUT2D eigenvalue weighted by atomic mass is 10.2. The molecule has 0 fully saturated rings. The van der Waals surface area contributed by atoms with Crippen molar-refractivity contribution < 1.29 is 9.90 Å². The fourth-order valence-corrected chi connectivity index (χ4v) is 1.88. The molecule has 0 spiro atoms. The van der Waals surface area contributed by atoms with Crippen LogP contribution in [0.5, 0.6) is 0 Å². The van der Waals surface area contributed by atoms with Crippen molar-refractivity contribution in [1.29, 1.82) is 0 Å². The van der Waals surface area contributed by atoms with Gasteiger partial charge in [0.15, 0.2) is 0 Å². The van der Waals surface area contributed by atoms with E-state index in [0.717, 1.165) is 5.69 Å². The van der Waals surface area contributed by atoms with Gasteiger partial charge in [0.25, 0.3) is 5.91 Å². The number of aromatic nitrogens is 1. The summed E-state index contributed by atoms with van der Waals surface area (Å²) in [5.74, 6) is 0.465. The lowest BCUT2D eigenvalue weighted by Gasteiger charge is -2.17. The van der Waals surface area contributed by atoms with E-state index in [4.69, 9.17) is 0 Å². The highest BCUT2D eigenvalue weighted by Crippen LogP contribution is 2.16. The van der Waals surface area contributed by atoms with Crippen LogP contribution >= 0.6 is 0 Å². The van der Waals surface area contributed by atoms with Gasteiger partial charge in [-0.15, -0.1) is 0 Å². The van der Waals surface area contributed by atoms with Gasteiger partial charge < -0.3 is 15.3 Å². The molecular formula is C16H19N3O2. The van der Waals surface area contributed by atoms with Crippen molar-refractivity contribution in [2.75, 3.05) is 23.8 Å². The third-order valence-electron chi connectivity index (χ3n) is 3.03. The molecule has 110 valence electrons. The Bertz CT molecular complexity index is 599. The Hall–Kier alpha value is -2.40. The van der Waals surface area contributed by atoms with Gasteiger partial charge in [-0.2, -0.15) is 0 Å². The molecule has 1 aromatic heterocycles. The number of amides is 1. The molecule has 0 aliphatic rings. The van der Waals surface area contributed by atoms with Gasteiger partial charge >= 0.3 is 0 Å². The molecule has 1 heterocycles. The minimum atomic E-state index is -0.474. The minimum Gasteiger partial charge on any atom is -0.392 e. The molecule has 0 radical (unpaired) electrons. The number of pyridine rings is 1. The zero-order valence-electron chi connectivity index (χ0n) is 12.2. The number of aliphatic hydroxyl groups is 1. The molecular weight excluding hydrogens is 266 g/mol. The standard InChI is InChI=1S/C16H19N3O2/c1-12(20)11-18-15-10-13(8-9-17-15)16(21)19(2)14-6-4-3-5-7-14/h3-10,12,20H,11H2,1-2H3,(H,17,18)/t12-/m0/s1. The van der Waals surface area contributed by atoms with E-state index in [1.54, 1.807) is 37.2 Å². The first-order valence-electron chi connectivity index (χ1n) is 6.79. The van der Waals surface area contributed by atoms with Crippen LogP contribution < -0.4 is 10.2 Å². The topological polar surface area (TPSA) is 65.5 Å². The van der Waals surface area contributed by atoms with Crippen molar-refractivity contribution >= 4 is 17.4 Å². The molecule has 5 heteroatoms. The fraction of sp³-hybridized carbons (Fsp3) is 0.250. The lowest BCUT2D eigenvalue weighted by molar-refractivity contribution is 0.0993. The normalized spacial score (nSPS) is 11.8. The van der Waals surface area contributed by atoms with Crippen molar-refractivity contribution in [3.63, 3.8) is 0 Å². The molecule has 0 bridgehead atoms. The second kappa shape index (κ2) is 6.85. The predicted molar refractivity (Wildman–Crippen MR) is 83.6 cm³/mol. The highest BCUT2D eigenvalue weighted by atomic mass is 16.3. The average Bonchev–Trinajstić information content (AvgIpc) is 2.52. The summed E-state index contributed by atoms with van der Waals surface area (Å²) in [7, 11) is 1.74. The Kier molecular flexibility index (Phi) is 4.90. The first-order valence-corrected chi connectivity index (χ1v) is 6.79. The third kappa shape index (κ3) is 4.03. The number of hydrogen-bond acceptors (Lipinski definition) is 4. The number of aliphatic hydroxyl groups excluding tert-OH is 1. The van der Waals surface area contributed by atoms with E-state index >= 15 is 0 Å². The Balaban J connectivity index is 2.14. The monoisotopic (exact) mass is 285 g/mol. The van der Waals surface area contributed by atoms with Gasteiger partial charge in [0.2, 0.25) is 0 Å². The third-order valence-corrected chi connectivity index (χ3v) is 3.03. The number of hydrogen-bond donors (Lipinski definition) is 2. The molecule has 0 saturated heterocycles. The van der Waals surface area contributed by atoms with Crippen LogP contribution in [-0.4, -0.2) is 35.7 Å². The van der Waals surface area contributed by atoms with Crippen LogP contribution in [0.15, 0.2) is 48.7 Å². The molecule has 2 aromatic rings. The van der Waals surface area contributed by atoms with Crippen LogP contribution in [0.25, 0.3) is 0 Å². The Morgan fingerprint density at radius 2 is 2.05 bits per heavy atom. The summed E-state index contributed by atoms with van der Waals surface area (Å²) >= 11 is 0. The number of nitrogens with zero attached hydrogens (tertiary/aromatic N) is 2. The van der Waals surface area contributed by atoms with E-state index in [-0.39, 0.29) is 5.91 Å². The summed E-state index contributed by atoms with van der Waals surface area (Å²) in [6.07, 6.45) is 1.11. The number of carbonyl (C=O) groups is 1. The number of nitrogens with one attached hydrogen (secondary N) is 1.